The van der Waals surface area contributed by atoms with Gasteiger partial charge in [0.25, 0.3) is 0 Å². The molecule has 1 rings (SSSR count). The molecule has 1 heteroatoms. The van der Waals surface area contributed by atoms with E-state index in [4.69, 9.17) is 0 Å². The molecule has 0 N–H and O–H groups in total. The first kappa shape index (κ1) is 10.5. The number of hydrogen-bond acceptors (Lipinski definition) is 1. The zero-order chi connectivity index (χ0) is 10.4. The lowest BCUT2D eigenvalue weighted by Gasteiger charge is -1.98. The topological polar surface area (TPSA) is 17.1 Å². The second-order valence-electron chi connectivity index (χ2n) is 3.17. The van der Waals surface area contributed by atoms with Crippen LogP contribution < -0.4 is 0 Å². The van der Waals surface area contributed by atoms with Crippen molar-refractivity contribution in [2.24, 2.45) is 0 Å². The molecule has 1 nitrogen and oxygen atoms in total. The predicted octanol–water partition coefficient (Wildman–Crippen LogP) is 3.13. The van der Waals surface area contributed by atoms with Gasteiger partial charge in [-0.3, -0.25) is 4.79 Å². The Balaban J connectivity index is 2.90. The number of ketones is 1. The molecule has 0 aromatic carbocycles. The largest absolute Gasteiger partial charge is 0.295 e. The van der Waals surface area contributed by atoms with Crippen molar-refractivity contribution in [2.75, 3.05) is 0 Å². The van der Waals surface area contributed by atoms with E-state index in [9.17, 15) is 4.79 Å². The van der Waals surface area contributed by atoms with Gasteiger partial charge in [-0.25, -0.2) is 0 Å². The Morgan fingerprint density at radius 1 is 1.29 bits per heavy atom. The van der Waals surface area contributed by atoms with E-state index in [1.54, 1.807) is 6.92 Å². The molecule has 0 unspecified atom stereocenters. The van der Waals surface area contributed by atoms with Gasteiger partial charge < -0.3 is 0 Å². The fourth-order valence-corrected chi connectivity index (χ4v) is 1.13. The van der Waals surface area contributed by atoms with Crippen molar-refractivity contribution in [3.63, 3.8) is 0 Å². The van der Waals surface area contributed by atoms with Gasteiger partial charge in [0.05, 0.1) is 0 Å². The highest BCUT2D eigenvalue weighted by molar-refractivity contribution is 5.93. The summed E-state index contributed by atoms with van der Waals surface area (Å²) in [7, 11) is 0. The number of carbonyl (C=O) groups is 1. The summed E-state index contributed by atoms with van der Waals surface area (Å²) < 4.78 is 0. The van der Waals surface area contributed by atoms with E-state index in [0.717, 1.165) is 11.1 Å². The Bertz CT molecular complexity index is 351. The molecule has 0 amide bonds. The van der Waals surface area contributed by atoms with Crippen molar-refractivity contribution >= 4 is 5.78 Å². The fourth-order valence-electron chi connectivity index (χ4n) is 1.13. The molecule has 1 aliphatic rings. The standard InChI is InChI=1S/C13H14O/c1-11-7-4-3-5-9-13(12(2)14)10-6-8-11/h3-8,10H,1,9H2,2H3/b5-3-,7-4-,8-6?,13-10+. The number of Topliss-reactive ketones (excluding diaryl/α,β-unsaturated/α-hetero) is 1. The lowest BCUT2D eigenvalue weighted by Crippen LogP contribution is -1.94. The lowest BCUT2D eigenvalue weighted by molar-refractivity contribution is -0.113. The van der Waals surface area contributed by atoms with Crippen LogP contribution in [0.3, 0.4) is 0 Å². The van der Waals surface area contributed by atoms with E-state index in [-0.39, 0.29) is 5.78 Å². The van der Waals surface area contributed by atoms with Gasteiger partial charge in [-0.05, 0) is 24.5 Å². The summed E-state index contributed by atoms with van der Waals surface area (Å²) in [5, 5.41) is 0. The zero-order valence-corrected chi connectivity index (χ0v) is 8.36. The van der Waals surface area contributed by atoms with Gasteiger partial charge in [-0.2, -0.15) is 0 Å². The molecular formula is C13H14O. The van der Waals surface area contributed by atoms with E-state index in [1.165, 1.54) is 0 Å². The number of allylic oxidation sites excluding steroid dienone is 9. The molecule has 0 atom stereocenters. The molecule has 14 heavy (non-hydrogen) atoms. The van der Waals surface area contributed by atoms with E-state index in [2.05, 4.69) is 6.58 Å². The van der Waals surface area contributed by atoms with Crippen LogP contribution in [-0.2, 0) is 4.79 Å². The predicted molar refractivity (Wildman–Crippen MR) is 59.9 cm³/mol. The Morgan fingerprint density at radius 2 is 2.00 bits per heavy atom. The summed E-state index contributed by atoms with van der Waals surface area (Å²) in [5.74, 6) is 0.120. The van der Waals surface area contributed by atoms with Crippen LogP contribution in [0.4, 0.5) is 0 Å². The molecule has 0 aromatic heterocycles. The number of rotatable bonds is 1. The SMILES string of the molecule is C=C1C=C/C=C(/C(C)=O)C/C=C\C=C/1. The van der Waals surface area contributed by atoms with Crippen LogP contribution in [0.25, 0.3) is 0 Å². The Morgan fingerprint density at radius 3 is 2.71 bits per heavy atom. The monoisotopic (exact) mass is 186 g/mol. The normalized spacial score (nSPS) is 24.9. The second-order valence-corrected chi connectivity index (χ2v) is 3.17. The van der Waals surface area contributed by atoms with Crippen molar-refractivity contribution in [3.05, 3.63) is 60.3 Å². The summed E-state index contributed by atoms with van der Waals surface area (Å²) in [6.07, 6.45) is 14.0. The summed E-state index contributed by atoms with van der Waals surface area (Å²) >= 11 is 0. The highest BCUT2D eigenvalue weighted by Gasteiger charge is 1.99. The average molecular weight is 186 g/mol. The van der Waals surface area contributed by atoms with Crippen molar-refractivity contribution in [3.8, 4) is 0 Å². The smallest absolute Gasteiger partial charge is 0.156 e. The van der Waals surface area contributed by atoms with Crippen LogP contribution in [0, 0.1) is 0 Å². The first-order chi connectivity index (χ1) is 6.70. The molecule has 0 bridgehead atoms. The van der Waals surface area contributed by atoms with Crippen molar-refractivity contribution in [2.45, 2.75) is 13.3 Å². The van der Waals surface area contributed by atoms with Crippen LogP contribution in [0.1, 0.15) is 13.3 Å². The van der Waals surface area contributed by atoms with Gasteiger partial charge in [0, 0.05) is 0 Å². The van der Waals surface area contributed by atoms with E-state index in [0.29, 0.717) is 6.42 Å². The van der Waals surface area contributed by atoms with Crippen molar-refractivity contribution in [1.29, 1.82) is 0 Å². The van der Waals surface area contributed by atoms with Crippen LogP contribution >= 0.6 is 0 Å². The molecule has 0 aliphatic heterocycles. The fraction of sp³-hybridized carbons (Fsp3) is 0.154. The van der Waals surface area contributed by atoms with Gasteiger partial charge in [0.2, 0.25) is 0 Å². The van der Waals surface area contributed by atoms with Gasteiger partial charge >= 0.3 is 0 Å². The third-order valence-electron chi connectivity index (χ3n) is 1.96. The summed E-state index contributed by atoms with van der Waals surface area (Å²) in [6, 6.07) is 0. The van der Waals surface area contributed by atoms with Crippen LogP contribution in [0.5, 0.6) is 0 Å². The van der Waals surface area contributed by atoms with Gasteiger partial charge in [0.15, 0.2) is 5.78 Å². The Hall–Kier alpha value is -1.63. The molecule has 72 valence electrons. The molecule has 1 aliphatic carbocycles. The van der Waals surface area contributed by atoms with Gasteiger partial charge in [-0.1, -0.05) is 49.1 Å². The molecule has 0 saturated carbocycles. The first-order valence-electron chi connectivity index (χ1n) is 4.60. The number of hydrogen-bond donors (Lipinski definition) is 0. The minimum Gasteiger partial charge on any atom is -0.295 e. The summed E-state index contributed by atoms with van der Waals surface area (Å²) in [6.45, 7) is 5.42. The van der Waals surface area contributed by atoms with Gasteiger partial charge in [0.1, 0.15) is 0 Å². The van der Waals surface area contributed by atoms with E-state index >= 15 is 0 Å². The van der Waals surface area contributed by atoms with E-state index in [1.807, 2.05) is 42.5 Å². The summed E-state index contributed by atoms with van der Waals surface area (Å²) in [4.78, 5) is 11.2. The molecule has 0 heterocycles. The molecule has 0 aromatic rings. The highest BCUT2D eigenvalue weighted by Crippen LogP contribution is 2.07. The minimum absolute atomic E-state index is 0.120. The molecule has 0 saturated heterocycles. The first-order valence-corrected chi connectivity index (χ1v) is 4.60. The average Bonchev–Trinajstić information content (AvgIpc) is 2.15. The quantitative estimate of drug-likeness (QED) is 0.615. The van der Waals surface area contributed by atoms with E-state index < -0.39 is 0 Å². The highest BCUT2D eigenvalue weighted by atomic mass is 16.1. The number of carbonyl (C=O) groups excluding carboxylic acids is 1. The van der Waals surface area contributed by atoms with Crippen molar-refractivity contribution in [1.82, 2.24) is 0 Å². The maximum Gasteiger partial charge on any atom is 0.156 e. The Kier molecular flexibility index (Phi) is 3.86. The second kappa shape index (κ2) is 5.18. The van der Waals surface area contributed by atoms with Gasteiger partial charge in [-0.15, -0.1) is 0 Å². The zero-order valence-electron chi connectivity index (χ0n) is 8.36. The minimum atomic E-state index is 0.120. The molecular weight excluding hydrogens is 172 g/mol. The molecule has 0 radical (unpaired) electrons. The third kappa shape index (κ3) is 3.40. The van der Waals surface area contributed by atoms with Crippen LogP contribution in [0.15, 0.2) is 60.3 Å². The van der Waals surface area contributed by atoms with Crippen molar-refractivity contribution < 1.29 is 4.79 Å². The maximum absolute atomic E-state index is 11.2. The summed E-state index contributed by atoms with van der Waals surface area (Å²) in [5.41, 5.74) is 1.75. The molecule has 0 spiro atoms. The third-order valence-corrected chi connectivity index (χ3v) is 1.96. The van der Waals surface area contributed by atoms with Crippen LogP contribution in [0.2, 0.25) is 0 Å². The maximum atomic E-state index is 11.2. The molecule has 0 fully saturated rings. The van der Waals surface area contributed by atoms with Crippen LogP contribution in [-0.4, -0.2) is 5.78 Å². The Labute approximate surface area is 84.8 Å². The lowest BCUT2D eigenvalue weighted by atomic mass is 10.1.